The second-order valence-electron chi connectivity index (χ2n) is 12.2. The van der Waals surface area contributed by atoms with Crippen molar-refractivity contribution in [1.82, 2.24) is 0 Å². The van der Waals surface area contributed by atoms with Crippen molar-refractivity contribution in [2.24, 2.45) is 4.99 Å². The molecule has 0 fully saturated rings. The van der Waals surface area contributed by atoms with Crippen molar-refractivity contribution in [2.45, 2.75) is 18.0 Å². The van der Waals surface area contributed by atoms with Crippen LogP contribution in [-0.4, -0.2) is 11.6 Å². The minimum atomic E-state index is -0.754. The maximum atomic E-state index is 14.2. The lowest BCUT2D eigenvalue weighted by Gasteiger charge is -2.46. The molecule has 0 aliphatic carbocycles. The lowest BCUT2D eigenvalue weighted by Crippen LogP contribution is -2.45. The topological polar surface area (TPSA) is 49.7 Å². The summed E-state index contributed by atoms with van der Waals surface area (Å²) in [5.74, 6) is -0.526. The van der Waals surface area contributed by atoms with Crippen molar-refractivity contribution >= 4 is 28.5 Å². The number of nitrogens with zero attached hydrogens (tertiary/aromatic N) is 2. The Bertz CT molecular complexity index is 2230. The molecule has 0 aromatic heterocycles. The smallest absolute Gasteiger partial charge is 0.197 e. The first-order valence-corrected chi connectivity index (χ1v) is 16.2. The zero-order chi connectivity index (χ0) is 32.5. The second-order valence-corrected chi connectivity index (χ2v) is 12.2. The molecule has 0 amide bonds. The van der Waals surface area contributed by atoms with E-state index in [0.717, 1.165) is 27.9 Å². The number of hydrogen-bond donors (Lipinski definition) is 0. The largest absolute Gasteiger partial charge is 0.310 e. The van der Waals surface area contributed by atoms with Gasteiger partial charge in [0.1, 0.15) is 0 Å². The number of hydrogen-bond acceptors (Lipinski definition) is 4. The summed E-state index contributed by atoms with van der Waals surface area (Å²) < 4.78 is 0. The van der Waals surface area contributed by atoms with Crippen LogP contribution in [0.3, 0.4) is 0 Å². The van der Waals surface area contributed by atoms with Crippen LogP contribution in [0.15, 0.2) is 181 Å². The summed E-state index contributed by atoms with van der Waals surface area (Å²) in [4.78, 5) is 36.3. The first kappa shape index (κ1) is 29.3. The number of anilines is 1. The van der Waals surface area contributed by atoms with E-state index in [9.17, 15) is 9.59 Å². The van der Waals surface area contributed by atoms with Gasteiger partial charge in [0.15, 0.2) is 17.2 Å². The molecule has 230 valence electrons. The molecule has 0 spiro atoms. The molecule has 2 heterocycles. The number of fused-ring (bicyclic) bond motifs is 3. The van der Waals surface area contributed by atoms with Crippen LogP contribution in [0.1, 0.15) is 49.7 Å². The van der Waals surface area contributed by atoms with Gasteiger partial charge in [0, 0.05) is 34.7 Å². The molecule has 8 rings (SSSR count). The van der Waals surface area contributed by atoms with Gasteiger partial charge in [-0.3, -0.25) is 14.6 Å². The van der Waals surface area contributed by atoms with E-state index < -0.39 is 5.66 Å². The molecular weight excluding hydrogens is 588 g/mol. The predicted molar refractivity (Wildman–Crippen MR) is 191 cm³/mol. The SMILES string of the molecule is O=C(C(C(=O)c1ccccc1)=c1ccc2c(c1)N1C(c3ccccc3)=C[C@@H](c3ccccc3)C[C@@]1(c1ccccc1)N=2)c1ccccc1. The highest BCUT2D eigenvalue weighted by Gasteiger charge is 2.49. The second kappa shape index (κ2) is 12.2. The zero-order valence-corrected chi connectivity index (χ0v) is 26.2. The number of ketones is 2. The fraction of sp³-hybridized carbons (Fsp3) is 0.0682. The molecule has 6 aromatic carbocycles. The predicted octanol–water partition coefficient (Wildman–Crippen LogP) is 8.12. The highest BCUT2D eigenvalue weighted by molar-refractivity contribution is 6.49. The summed E-state index contributed by atoms with van der Waals surface area (Å²) in [5.41, 5.74) is 5.58. The number of benzene rings is 6. The van der Waals surface area contributed by atoms with Crippen LogP contribution >= 0.6 is 0 Å². The Morgan fingerprint density at radius 3 is 1.71 bits per heavy atom. The normalized spacial score (nSPS) is 17.8. The summed E-state index contributed by atoms with van der Waals surface area (Å²) in [6.07, 6.45) is 3.06. The third-order valence-corrected chi connectivity index (χ3v) is 9.34. The summed E-state index contributed by atoms with van der Waals surface area (Å²) in [6, 6.07) is 55.3. The highest BCUT2D eigenvalue weighted by Crippen LogP contribution is 2.52. The summed E-state index contributed by atoms with van der Waals surface area (Å²) >= 11 is 0. The minimum absolute atomic E-state index is 0.0943. The Balaban J connectivity index is 1.40. The Morgan fingerprint density at radius 2 is 1.12 bits per heavy atom. The van der Waals surface area contributed by atoms with E-state index in [-0.39, 0.29) is 23.1 Å². The molecule has 4 heteroatoms. The minimum Gasteiger partial charge on any atom is -0.310 e. The Labute approximate surface area is 279 Å². The van der Waals surface area contributed by atoms with Gasteiger partial charge in [-0.1, -0.05) is 164 Å². The van der Waals surface area contributed by atoms with E-state index >= 15 is 0 Å². The number of carbonyl (C=O) groups is 2. The van der Waals surface area contributed by atoms with Crippen molar-refractivity contribution in [3.8, 4) is 0 Å². The van der Waals surface area contributed by atoms with E-state index in [2.05, 4.69) is 83.8 Å². The Morgan fingerprint density at radius 1 is 0.604 bits per heavy atom. The van der Waals surface area contributed by atoms with E-state index in [4.69, 9.17) is 4.99 Å². The maximum absolute atomic E-state index is 14.2. The van der Waals surface area contributed by atoms with E-state index in [1.54, 1.807) is 24.3 Å². The first-order chi connectivity index (χ1) is 23.6. The van der Waals surface area contributed by atoms with Gasteiger partial charge in [0.25, 0.3) is 0 Å². The Hall–Kier alpha value is -6.13. The van der Waals surface area contributed by atoms with Crippen molar-refractivity contribution in [2.75, 3.05) is 4.90 Å². The molecule has 48 heavy (non-hydrogen) atoms. The molecule has 2 aliphatic heterocycles. The number of rotatable bonds is 7. The number of carbonyl (C=O) groups excluding carboxylic acids is 2. The average molecular weight is 621 g/mol. The average Bonchev–Trinajstić information content (AvgIpc) is 3.51. The van der Waals surface area contributed by atoms with Crippen LogP contribution in [0, 0.1) is 0 Å². The third-order valence-electron chi connectivity index (χ3n) is 9.34. The van der Waals surface area contributed by atoms with Gasteiger partial charge >= 0.3 is 0 Å². The molecule has 0 saturated carbocycles. The van der Waals surface area contributed by atoms with Crippen LogP contribution in [0.2, 0.25) is 0 Å². The van der Waals surface area contributed by atoms with E-state index in [1.807, 2.05) is 72.8 Å². The fourth-order valence-electron chi connectivity index (χ4n) is 7.10. The summed E-state index contributed by atoms with van der Waals surface area (Å²) in [7, 11) is 0. The lowest BCUT2D eigenvalue weighted by atomic mass is 9.79. The van der Waals surface area contributed by atoms with Crippen LogP contribution in [0.5, 0.6) is 0 Å². The fourth-order valence-corrected chi connectivity index (χ4v) is 7.10. The van der Waals surface area contributed by atoms with Gasteiger partial charge in [-0.2, -0.15) is 0 Å². The number of allylic oxidation sites excluding steroid dienone is 1. The molecule has 0 bridgehead atoms. The van der Waals surface area contributed by atoms with Crippen LogP contribution in [0.4, 0.5) is 5.69 Å². The van der Waals surface area contributed by atoms with Crippen LogP contribution < -0.4 is 15.5 Å². The van der Waals surface area contributed by atoms with Gasteiger partial charge in [0.2, 0.25) is 0 Å². The zero-order valence-electron chi connectivity index (χ0n) is 26.2. The van der Waals surface area contributed by atoms with Crippen molar-refractivity contribution < 1.29 is 9.59 Å². The first-order valence-electron chi connectivity index (χ1n) is 16.2. The summed E-state index contributed by atoms with van der Waals surface area (Å²) in [5, 5.41) is 1.38. The molecule has 6 aromatic rings. The standard InChI is InChI=1S/C44H32N2O2/c47-42(33-20-10-3-11-21-33)41(43(48)34-22-12-4-13-23-34)35-26-27-38-40(28-35)46-39(32-18-8-2-9-19-32)29-36(31-16-6-1-7-17-31)30-44(46,45-38)37-24-14-5-15-25-37/h1-29,36H,30H2/t36-,44-/m1/s1. The molecule has 0 unspecified atom stereocenters. The van der Waals surface area contributed by atoms with Crippen molar-refractivity contribution in [1.29, 1.82) is 0 Å². The molecule has 0 radical (unpaired) electrons. The lowest BCUT2D eigenvalue weighted by molar-refractivity contribution is 0.0997. The van der Waals surface area contributed by atoms with E-state index in [0.29, 0.717) is 22.8 Å². The molecule has 0 saturated heterocycles. The molecule has 0 N–H and O–H groups in total. The summed E-state index contributed by atoms with van der Waals surface area (Å²) in [6.45, 7) is 0. The monoisotopic (exact) mass is 620 g/mol. The quantitative estimate of drug-likeness (QED) is 0.134. The van der Waals surface area contributed by atoms with Gasteiger partial charge in [0.05, 0.1) is 16.6 Å². The highest BCUT2D eigenvalue weighted by atomic mass is 16.1. The number of Topliss-reactive ketones (excluding diaryl/α,β-unsaturated/α-hetero) is 2. The van der Waals surface area contributed by atoms with Gasteiger partial charge in [-0.05, 0) is 28.5 Å². The van der Waals surface area contributed by atoms with Crippen LogP contribution in [-0.2, 0) is 5.66 Å². The maximum Gasteiger partial charge on any atom is 0.197 e. The van der Waals surface area contributed by atoms with Crippen molar-refractivity contribution in [3.63, 3.8) is 0 Å². The van der Waals surface area contributed by atoms with Gasteiger partial charge in [-0.25, -0.2) is 0 Å². The van der Waals surface area contributed by atoms with E-state index in [1.165, 1.54) is 5.56 Å². The molecule has 2 aliphatic rings. The molecule has 2 atom stereocenters. The van der Waals surface area contributed by atoms with Crippen LogP contribution in [0.25, 0.3) is 11.3 Å². The Kier molecular flexibility index (Phi) is 7.46. The third kappa shape index (κ3) is 5.08. The van der Waals surface area contributed by atoms with Gasteiger partial charge in [-0.15, -0.1) is 0 Å². The van der Waals surface area contributed by atoms with Gasteiger partial charge < -0.3 is 4.90 Å². The van der Waals surface area contributed by atoms with Crippen molar-refractivity contribution in [3.05, 3.63) is 214 Å². The molecular formula is C44H32N2O2. The molecule has 4 nitrogen and oxygen atoms in total.